The highest BCUT2D eigenvalue weighted by Crippen LogP contribution is 2.39. The van der Waals surface area contributed by atoms with Gasteiger partial charge >= 0.3 is 11.6 Å². The highest BCUT2D eigenvalue weighted by Gasteiger charge is 2.29. The number of benzene rings is 1. The first-order valence-corrected chi connectivity index (χ1v) is 11.2. The maximum atomic E-state index is 12.9. The number of amides is 1. The van der Waals surface area contributed by atoms with Gasteiger partial charge in [0.05, 0.1) is 18.8 Å². The Balaban J connectivity index is 1.64. The van der Waals surface area contributed by atoms with Crippen LogP contribution >= 0.6 is 11.3 Å². The molecule has 0 fully saturated rings. The number of rotatable bonds is 7. The van der Waals surface area contributed by atoms with Crippen molar-refractivity contribution in [1.82, 2.24) is 0 Å². The lowest BCUT2D eigenvalue weighted by Gasteiger charge is -2.08. The molecule has 162 valence electrons. The van der Waals surface area contributed by atoms with Crippen molar-refractivity contribution in [3.63, 3.8) is 0 Å². The van der Waals surface area contributed by atoms with E-state index in [9.17, 15) is 14.4 Å². The molecule has 0 saturated carbocycles. The largest absolute Gasteiger partial charge is 0.493 e. The van der Waals surface area contributed by atoms with Gasteiger partial charge in [-0.2, -0.15) is 0 Å². The van der Waals surface area contributed by atoms with Crippen molar-refractivity contribution in [3.05, 3.63) is 56.3 Å². The van der Waals surface area contributed by atoms with Crippen molar-refractivity contribution in [1.29, 1.82) is 0 Å². The normalized spacial score (nSPS) is 12.6. The average molecular weight is 442 g/mol. The first-order chi connectivity index (χ1) is 15.0. The van der Waals surface area contributed by atoms with Gasteiger partial charge in [-0.1, -0.05) is 6.92 Å². The van der Waals surface area contributed by atoms with Crippen LogP contribution in [0.4, 0.5) is 5.00 Å². The summed E-state index contributed by atoms with van der Waals surface area (Å²) in [5.41, 5.74) is 0.800. The number of aryl methyl sites for hydroxylation is 1. The second-order valence-corrected chi connectivity index (χ2v) is 8.34. The molecular formula is C23H23NO6S. The quantitative estimate of drug-likeness (QED) is 0.427. The number of fused-ring (bicyclic) bond motifs is 2. The van der Waals surface area contributed by atoms with E-state index >= 15 is 0 Å². The Morgan fingerprint density at radius 2 is 2.03 bits per heavy atom. The van der Waals surface area contributed by atoms with E-state index in [0.29, 0.717) is 33.9 Å². The van der Waals surface area contributed by atoms with Crippen LogP contribution in [0, 0.1) is 0 Å². The Morgan fingerprint density at radius 3 is 2.81 bits per heavy atom. The van der Waals surface area contributed by atoms with Crippen molar-refractivity contribution in [2.45, 2.75) is 39.5 Å². The maximum Gasteiger partial charge on any atom is 0.349 e. The summed E-state index contributed by atoms with van der Waals surface area (Å²) >= 11 is 1.36. The van der Waals surface area contributed by atoms with Crippen LogP contribution in [-0.2, 0) is 17.6 Å². The predicted molar refractivity (Wildman–Crippen MR) is 119 cm³/mol. The number of hydrogen-bond donors (Lipinski definition) is 1. The van der Waals surface area contributed by atoms with Crippen LogP contribution in [0.25, 0.3) is 11.0 Å². The molecule has 1 aliphatic carbocycles. The van der Waals surface area contributed by atoms with Gasteiger partial charge < -0.3 is 19.2 Å². The first-order valence-electron chi connectivity index (χ1n) is 10.4. The summed E-state index contributed by atoms with van der Waals surface area (Å²) in [5.74, 6) is -0.475. The zero-order valence-electron chi connectivity index (χ0n) is 17.4. The molecular weight excluding hydrogens is 418 g/mol. The van der Waals surface area contributed by atoms with Gasteiger partial charge in [-0.25, -0.2) is 9.59 Å². The molecule has 1 amide bonds. The Kier molecular flexibility index (Phi) is 6.08. The van der Waals surface area contributed by atoms with Crippen LogP contribution in [0.2, 0.25) is 0 Å². The number of carbonyl (C=O) groups excluding carboxylic acids is 2. The van der Waals surface area contributed by atoms with Gasteiger partial charge in [0, 0.05) is 16.3 Å². The van der Waals surface area contributed by atoms with Crippen molar-refractivity contribution in [2.24, 2.45) is 0 Å². The smallest absolute Gasteiger partial charge is 0.349 e. The molecule has 0 unspecified atom stereocenters. The topological polar surface area (TPSA) is 94.8 Å². The standard InChI is InChI=1S/C23H23NO6S/c1-3-10-29-14-9-8-13-11-16(22(26)30-17(13)12-14)20(25)24-21-19(23(27)28-4-2)15-6-5-7-18(15)31-21/h8-9,11-12H,3-7,10H2,1-2H3,(H,24,25). The van der Waals surface area contributed by atoms with Crippen molar-refractivity contribution < 1.29 is 23.5 Å². The number of thiophene rings is 1. The number of ether oxygens (including phenoxy) is 2. The van der Waals surface area contributed by atoms with Gasteiger partial charge in [0.1, 0.15) is 21.9 Å². The molecule has 1 aromatic carbocycles. The van der Waals surface area contributed by atoms with E-state index in [1.54, 1.807) is 25.1 Å². The van der Waals surface area contributed by atoms with E-state index in [0.717, 1.165) is 36.1 Å². The second kappa shape index (κ2) is 8.93. The third kappa shape index (κ3) is 4.20. The molecule has 2 aromatic heterocycles. The van der Waals surface area contributed by atoms with E-state index in [1.165, 1.54) is 17.4 Å². The minimum atomic E-state index is -0.751. The van der Waals surface area contributed by atoms with Crippen LogP contribution in [0.1, 0.15) is 57.8 Å². The van der Waals surface area contributed by atoms with Crippen LogP contribution in [-0.4, -0.2) is 25.1 Å². The van der Waals surface area contributed by atoms with Gasteiger partial charge in [0.2, 0.25) is 0 Å². The summed E-state index contributed by atoms with van der Waals surface area (Å²) in [4.78, 5) is 39.0. The molecule has 0 aliphatic heterocycles. The third-order valence-electron chi connectivity index (χ3n) is 5.05. The average Bonchev–Trinajstić information content (AvgIpc) is 3.32. The monoisotopic (exact) mass is 441 g/mol. The lowest BCUT2D eigenvalue weighted by molar-refractivity contribution is 0.0527. The molecule has 0 spiro atoms. The second-order valence-electron chi connectivity index (χ2n) is 7.23. The molecule has 0 saturated heterocycles. The zero-order valence-corrected chi connectivity index (χ0v) is 18.2. The summed E-state index contributed by atoms with van der Waals surface area (Å²) in [5, 5.41) is 3.75. The van der Waals surface area contributed by atoms with Gasteiger partial charge in [0.25, 0.3) is 5.91 Å². The number of anilines is 1. The number of hydrogen-bond acceptors (Lipinski definition) is 7. The highest BCUT2D eigenvalue weighted by molar-refractivity contribution is 7.17. The highest BCUT2D eigenvalue weighted by atomic mass is 32.1. The zero-order chi connectivity index (χ0) is 22.0. The molecule has 31 heavy (non-hydrogen) atoms. The van der Waals surface area contributed by atoms with Crippen molar-refractivity contribution in [3.8, 4) is 5.75 Å². The number of carbonyl (C=O) groups is 2. The van der Waals surface area contributed by atoms with E-state index in [1.807, 2.05) is 6.92 Å². The molecule has 4 rings (SSSR count). The van der Waals surface area contributed by atoms with Gasteiger partial charge in [0.15, 0.2) is 0 Å². The van der Waals surface area contributed by atoms with Crippen molar-refractivity contribution in [2.75, 3.05) is 18.5 Å². The molecule has 8 heteroatoms. The van der Waals surface area contributed by atoms with Gasteiger partial charge in [-0.05, 0) is 56.4 Å². The SMILES string of the molecule is CCCOc1ccc2cc(C(=O)Nc3sc4c(c3C(=O)OCC)CCC4)c(=O)oc2c1. The predicted octanol–water partition coefficient (Wildman–Crippen LogP) is 4.56. The Hall–Kier alpha value is -3.13. The van der Waals surface area contributed by atoms with Crippen molar-refractivity contribution >= 4 is 39.2 Å². The fourth-order valence-corrected chi connectivity index (χ4v) is 4.91. The first kappa shape index (κ1) is 21.1. The molecule has 7 nitrogen and oxygen atoms in total. The molecule has 1 N–H and O–H groups in total. The molecule has 0 bridgehead atoms. The molecule has 0 radical (unpaired) electrons. The van der Waals surface area contributed by atoms with Crippen LogP contribution < -0.4 is 15.7 Å². The minimum Gasteiger partial charge on any atom is -0.493 e. The Labute approximate surface area is 183 Å². The lowest BCUT2D eigenvalue weighted by atomic mass is 10.1. The summed E-state index contributed by atoms with van der Waals surface area (Å²) in [6.45, 7) is 4.54. The van der Waals surface area contributed by atoms with E-state index < -0.39 is 17.5 Å². The summed E-state index contributed by atoms with van der Waals surface area (Å²) in [6, 6.07) is 6.63. The third-order valence-corrected chi connectivity index (χ3v) is 6.26. The van der Waals surface area contributed by atoms with Crippen LogP contribution in [0.15, 0.2) is 33.5 Å². The van der Waals surface area contributed by atoms with Crippen LogP contribution in [0.3, 0.4) is 0 Å². The van der Waals surface area contributed by atoms with E-state index in [-0.39, 0.29) is 12.2 Å². The summed E-state index contributed by atoms with van der Waals surface area (Å²) in [7, 11) is 0. The Bertz CT molecular complexity index is 1210. The molecule has 0 atom stereocenters. The lowest BCUT2D eigenvalue weighted by Crippen LogP contribution is -2.21. The summed E-state index contributed by atoms with van der Waals surface area (Å²) in [6.07, 6.45) is 3.47. The Morgan fingerprint density at radius 1 is 1.19 bits per heavy atom. The number of esters is 1. The van der Waals surface area contributed by atoms with Gasteiger partial charge in [-0.3, -0.25) is 4.79 Å². The molecule has 1 aliphatic rings. The fraction of sp³-hybridized carbons (Fsp3) is 0.348. The van der Waals surface area contributed by atoms with Crippen LogP contribution in [0.5, 0.6) is 5.75 Å². The van der Waals surface area contributed by atoms with E-state index in [2.05, 4.69) is 5.32 Å². The summed E-state index contributed by atoms with van der Waals surface area (Å²) < 4.78 is 16.1. The minimum absolute atomic E-state index is 0.127. The fourth-order valence-electron chi connectivity index (χ4n) is 3.64. The molecule has 2 heterocycles. The maximum absolute atomic E-state index is 12.9. The molecule has 3 aromatic rings. The van der Waals surface area contributed by atoms with Gasteiger partial charge in [-0.15, -0.1) is 11.3 Å². The number of nitrogens with one attached hydrogen (secondary N) is 1. The van der Waals surface area contributed by atoms with E-state index in [4.69, 9.17) is 13.9 Å².